The Morgan fingerprint density at radius 1 is 1.11 bits per heavy atom. The number of aromatic hydroxyl groups is 1. The van der Waals surface area contributed by atoms with Gasteiger partial charge in [-0.25, -0.2) is 0 Å². The van der Waals surface area contributed by atoms with Crippen molar-refractivity contribution in [2.45, 2.75) is 19.3 Å². The molecule has 2 aromatic carbocycles. The number of benzene rings is 2. The zero-order valence-corrected chi connectivity index (χ0v) is 11.0. The lowest BCUT2D eigenvalue weighted by Gasteiger charge is -2.36. The Hall–Kier alpha value is -1.67. The van der Waals surface area contributed by atoms with Crippen molar-refractivity contribution in [1.82, 2.24) is 0 Å². The molecule has 0 bridgehead atoms. The summed E-state index contributed by atoms with van der Waals surface area (Å²) >= 11 is 6.34. The van der Waals surface area contributed by atoms with Crippen LogP contribution in [0.25, 0.3) is 0 Å². The van der Waals surface area contributed by atoms with Gasteiger partial charge >= 0.3 is 0 Å². The molecule has 0 amide bonds. The zero-order valence-electron chi connectivity index (χ0n) is 10.3. The lowest BCUT2D eigenvalue weighted by molar-refractivity contribution is 0.474. The van der Waals surface area contributed by atoms with Gasteiger partial charge in [0.2, 0.25) is 0 Å². The van der Waals surface area contributed by atoms with Crippen molar-refractivity contribution < 1.29 is 5.11 Å². The van der Waals surface area contributed by atoms with Gasteiger partial charge < -0.3 is 10.4 Å². The Morgan fingerprint density at radius 3 is 2.67 bits per heavy atom. The van der Waals surface area contributed by atoms with E-state index in [1.165, 1.54) is 0 Å². The summed E-state index contributed by atoms with van der Waals surface area (Å²) < 4.78 is 0. The summed E-state index contributed by atoms with van der Waals surface area (Å²) in [6.45, 7) is 4.29. The summed E-state index contributed by atoms with van der Waals surface area (Å²) in [5.74, 6) is 0.266. The van der Waals surface area contributed by atoms with Gasteiger partial charge in [-0.15, -0.1) is 0 Å². The second kappa shape index (κ2) is 3.66. The maximum Gasteiger partial charge on any atom is 0.117 e. The predicted octanol–water partition coefficient (Wildman–Crippen LogP) is 4.43. The summed E-state index contributed by atoms with van der Waals surface area (Å²) in [4.78, 5) is 0. The van der Waals surface area contributed by atoms with Crippen LogP contribution in [-0.4, -0.2) is 5.11 Å². The molecule has 0 saturated heterocycles. The second-order valence-electron chi connectivity index (χ2n) is 5.14. The highest BCUT2D eigenvalue weighted by atomic mass is 35.5. The van der Waals surface area contributed by atoms with E-state index < -0.39 is 0 Å². The topological polar surface area (TPSA) is 32.3 Å². The van der Waals surface area contributed by atoms with Crippen molar-refractivity contribution in [3.05, 3.63) is 52.5 Å². The van der Waals surface area contributed by atoms with E-state index in [4.69, 9.17) is 11.6 Å². The molecule has 0 spiro atoms. The average Bonchev–Trinajstić information content (AvgIpc) is 2.27. The fourth-order valence-corrected chi connectivity index (χ4v) is 3.13. The molecule has 1 heterocycles. The predicted molar refractivity (Wildman–Crippen MR) is 75.0 cm³/mol. The number of phenols is 1. The van der Waals surface area contributed by atoms with Gasteiger partial charge in [0.1, 0.15) is 5.75 Å². The third-order valence-corrected chi connectivity index (χ3v) is 3.90. The molecule has 0 fully saturated rings. The van der Waals surface area contributed by atoms with Crippen LogP contribution in [0.3, 0.4) is 0 Å². The van der Waals surface area contributed by atoms with E-state index in [-0.39, 0.29) is 11.2 Å². The van der Waals surface area contributed by atoms with Gasteiger partial charge in [-0.2, -0.15) is 0 Å². The molecule has 1 aliphatic rings. The van der Waals surface area contributed by atoms with Gasteiger partial charge in [0.15, 0.2) is 0 Å². The van der Waals surface area contributed by atoms with Gasteiger partial charge in [-0.1, -0.05) is 37.6 Å². The minimum Gasteiger partial charge on any atom is -0.508 e. The first-order chi connectivity index (χ1) is 8.50. The van der Waals surface area contributed by atoms with Gasteiger partial charge in [0, 0.05) is 33.4 Å². The maximum absolute atomic E-state index is 9.59. The third-order valence-electron chi connectivity index (χ3n) is 3.58. The lowest BCUT2D eigenvalue weighted by atomic mass is 9.74. The first kappa shape index (κ1) is 11.4. The van der Waals surface area contributed by atoms with E-state index in [0.29, 0.717) is 0 Å². The largest absolute Gasteiger partial charge is 0.508 e. The molecule has 2 aromatic rings. The lowest BCUT2D eigenvalue weighted by Crippen LogP contribution is -2.26. The fourth-order valence-electron chi connectivity index (χ4n) is 2.72. The van der Waals surface area contributed by atoms with Gasteiger partial charge in [0.05, 0.1) is 0 Å². The van der Waals surface area contributed by atoms with Gasteiger partial charge in [-0.3, -0.25) is 0 Å². The molecule has 18 heavy (non-hydrogen) atoms. The van der Waals surface area contributed by atoms with Crippen molar-refractivity contribution in [3.63, 3.8) is 0 Å². The SMILES string of the molecule is CC1(C)c2ccc(O)cc2Nc2cccc(Cl)c21. The monoisotopic (exact) mass is 259 g/mol. The quantitative estimate of drug-likeness (QED) is 0.734. The fraction of sp³-hybridized carbons (Fsp3) is 0.200. The third kappa shape index (κ3) is 1.49. The Bertz CT molecular complexity index is 634. The first-order valence-corrected chi connectivity index (χ1v) is 6.27. The molecular weight excluding hydrogens is 246 g/mol. The van der Waals surface area contributed by atoms with Crippen LogP contribution in [0, 0.1) is 0 Å². The molecule has 0 aromatic heterocycles. The maximum atomic E-state index is 9.59. The van der Waals surface area contributed by atoms with Crippen LogP contribution in [0.5, 0.6) is 5.75 Å². The van der Waals surface area contributed by atoms with Crippen LogP contribution < -0.4 is 5.32 Å². The van der Waals surface area contributed by atoms with Crippen LogP contribution in [0.2, 0.25) is 5.02 Å². The van der Waals surface area contributed by atoms with Crippen LogP contribution in [-0.2, 0) is 5.41 Å². The molecule has 0 atom stereocenters. The Balaban J connectivity index is 2.30. The number of hydrogen-bond acceptors (Lipinski definition) is 2. The molecule has 0 aliphatic carbocycles. The van der Waals surface area contributed by atoms with Crippen molar-refractivity contribution in [2.75, 3.05) is 5.32 Å². The summed E-state index contributed by atoms with van der Waals surface area (Å²) in [6.07, 6.45) is 0. The highest BCUT2D eigenvalue weighted by Gasteiger charge is 2.34. The van der Waals surface area contributed by atoms with Crippen molar-refractivity contribution in [2.24, 2.45) is 0 Å². The second-order valence-corrected chi connectivity index (χ2v) is 5.55. The molecule has 0 unspecified atom stereocenters. The number of rotatable bonds is 0. The number of nitrogens with one attached hydrogen (secondary N) is 1. The van der Waals surface area contributed by atoms with Gasteiger partial charge in [0.25, 0.3) is 0 Å². The van der Waals surface area contributed by atoms with Crippen LogP contribution in [0.4, 0.5) is 11.4 Å². The molecule has 2 N–H and O–H groups in total. The number of anilines is 2. The molecule has 3 heteroatoms. The van der Waals surface area contributed by atoms with Crippen LogP contribution in [0.1, 0.15) is 25.0 Å². The van der Waals surface area contributed by atoms with E-state index in [1.807, 2.05) is 24.3 Å². The zero-order chi connectivity index (χ0) is 12.9. The van der Waals surface area contributed by atoms with E-state index in [9.17, 15) is 5.11 Å². The number of phenolic OH excluding ortho intramolecular Hbond substituents is 1. The summed E-state index contributed by atoms with van der Waals surface area (Å²) in [6, 6.07) is 11.3. The molecule has 3 rings (SSSR count). The van der Waals surface area contributed by atoms with E-state index in [2.05, 4.69) is 19.2 Å². The van der Waals surface area contributed by atoms with Crippen LogP contribution in [0.15, 0.2) is 36.4 Å². The normalized spacial score (nSPS) is 15.5. The first-order valence-electron chi connectivity index (χ1n) is 5.89. The number of fused-ring (bicyclic) bond motifs is 2. The summed E-state index contributed by atoms with van der Waals surface area (Å²) in [5, 5.41) is 13.7. The van der Waals surface area contributed by atoms with Crippen LogP contribution >= 0.6 is 11.6 Å². The van der Waals surface area contributed by atoms with E-state index in [1.54, 1.807) is 12.1 Å². The van der Waals surface area contributed by atoms with Crippen molar-refractivity contribution in [1.29, 1.82) is 0 Å². The van der Waals surface area contributed by atoms with E-state index >= 15 is 0 Å². The van der Waals surface area contributed by atoms with E-state index in [0.717, 1.165) is 27.5 Å². The Labute approximate surface area is 111 Å². The Morgan fingerprint density at radius 2 is 1.89 bits per heavy atom. The minimum absolute atomic E-state index is 0.179. The summed E-state index contributed by atoms with van der Waals surface area (Å²) in [5.41, 5.74) is 4.01. The molecule has 0 radical (unpaired) electrons. The molecule has 0 saturated carbocycles. The minimum atomic E-state index is -0.179. The summed E-state index contributed by atoms with van der Waals surface area (Å²) in [7, 11) is 0. The molecule has 2 nitrogen and oxygen atoms in total. The molecular formula is C15H14ClNO. The van der Waals surface area contributed by atoms with Crippen molar-refractivity contribution >= 4 is 23.0 Å². The number of hydrogen-bond donors (Lipinski definition) is 2. The highest BCUT2D eigenvalue weighted by Crippen LogP contribution is 2.48. The smallest absolute Gasteiger partial charge is 0.117 e. The molecule has 1 aliphatic heterocycles. The van der Waals surface area contributed by atoms with Crippen molar-refractivity contribution in [3.8, 4) is 5.75 Å². The van der Waals surface area contributed by atoms with Gasteiger partial charge in [-0.05, 0) is 23.8 Å². The standard InChI is InChI=1S/C15H14ClNO/c1-15(2)10-7-6-9(18)8-13(10)17-12-5-3-4-11(16)14(12)15/h3-8,17-18H,1-2H3. The number of halogens is 1. The highest BCUT2D eigenvalue weighted by molar-refractivity contribution is 6.32. The molecule has 92 valence electrons. The average molecular weight is 260 g/mol. The Kier molecular flexibility index (Phi) is 2.32.